The molecule has 1 aliphatic carbocycles. The number of nitrogens with one attached hydrogen (secondary N) is 2. The standard InChI is InChI=1S/C21H25ClN2O4S/c1-2-28-20-13-12-18(29(26,27)24-17-6-4-3-5-7-17)14-19(20)23-21(25)15-8-10-16(22)11-9-15/h8-14,17,24H,2-7H2,1H3,(H,23,25). The third-order valence-electron chi connectivity index (χ3n) is 4.84. The molecule has 3 rings (SSSR count). The Labute approximate surface area is 176 Å². The molecule has 1 fully saturated rings. The number of ether oxygens (including phenoxy) is 1. The van der Waals surface area contributed by atoms with Gasteiger partial charge in [-0.05, 0) is 62.2 Å². The number of sulfonamides is 1. The molecule has 1 saturated carbocycles. The molecule has 6 nitrogen and oxygen atoms in total. The van der Waals surface area contributed by atoms with E-state index in [0.717, 1.165) is 32.1 Å². The predicted octanol–water partition coefficient (Wildman–Crippen LogP) is 4.60. The zero-order chi connectivity index (χ0) is 20.9. The predicted molar refractivity (Wildman–Crippen MR) is 114 cm³/mol. The zero-order valence-corrected chi connectivity index (χ0v) is 17.9. The van der Waals surface area contributed by atoms with Crippen molar-refractivity contribution in [3.63, 3.8) is 0 Å². The molecule has 0 unspecified atom stereocenters. The highest BCUT2D eigenvalue weighted by molar-refractivity contribution is 7.89. The van der Waals surface area contributed by atoms with Crippen molar-refractivity contribution in [2.24, 2.45) is 0 Å². The van der Waals surface area contributed by atoms with E-state index >= 15 is 0 Å². The Morgan fingerprint density at radius 3 is 2.45 bits per heavy atom. The molecule has 0 aromatic heterocycles. The molecule has 2 N–H and O–H groups in total. The van der Waals surface area contributed by atoms with Gasteiger partial charge in [-0.25, -0.2) is 13.1 Å². The average molecular weight is 437 g/mol. The van der Waals surface area contributed by atoms with Gasteiger partial charge in [0.05, 0.1) is 17.2 Å². The number of amides is 1. The third-order valence-corrected chi connectivity index (χ3v) is 6.61. The van der Waals surface area contributed by atoms with Crippen LogP contribution in [0.25, 0.3) is 0 Å². The van der Waals surface area contributed by atoms with E-state index in [2.05, 4.69) is 10.0 Å². The lowest BCUT2D eigenvalue weighted by Crippen LogP contribution is -2.36. The minimum atomic E-state index is -3.69. The lowest BCUT2D eigenvalue weighted by atomic mass is 9.96. The van der Waals surface area contributed by atoms with Crippen LogP contribution in [-0.4, -0.2) is 27.0 Å². The number of rotatable bonds is 7. The van der Waals surface area contributed by atoms with E-state index < -0.39 is 10.0 Å². The summed E-state index contributed by atoms with van der Waals surface area (Å²) in [7, 11) is -3.69. The smallest absolute Gasteiger partial charge is 0.255 e. The van der Waals surface area contributed by atoms with Gasteiger partial charge in [0.2, 0.25) is 10.0 Å². The fraction of sp³-hybridized carbons (Fsp3) is 0.381. The summed E-state index contributed by atoms with van der Waals surface area (Å²) in [6, 6.07) is 10.9. The maximum absolute atomic E-state index is 12.8. The van der Waals surface area contributed by atoms with Crippen LogP contribution in [0.1, 0.15) is 49.4 Å². The van der Waals surface area contributed by atoms with Gasteiger partial charge < -0.3 is 10.1 Å². The van der Waals surface area contributed by atoms with Crippen LogP contribution in [-0.2, 0) is 10.0 Å². The molecule has 1 amide bonds. The quantitative estimate of drug-likeness (QED) is 0.664. The van der Waals surface area contributed by atoms with Crippen LogP contribution in [0.4, 0.5) is 5.69 Å². The topological polar surface area (TPSA) is 84.5 Å². The molecule has 1 aliphatic rings. The summed E-state index contributed by atoms with van der Waals surface area (Å²) in [5.41, 5.74) is 0.712. The van der Waals surface area contributed by atoms with Crippen molar-refractivity contribution in [3.8, 4) is 5.75 Å². The summed E-state index contributed by atoms with van der Waals surface area (Å²) in [5, 5.41) is 3.27. The molecule has 0 spiro atoms. The van der Waals surface area contributed by atoms with E-state index in [1.165, 1.54) is 12.1 Å². The molecule has 0 heterocycles. The second-order valence-corrected chi connectivity index (χ2v) is 9.16. The zero-order valence-electron chi connectivity index (χ0n) is 16.3. The maximum Gasteiger partial charge on any atom is 0.255 e. The molecule has 2 aromatic rings. The number of halogens is 1. The van der Waals surface area contributed by atoms with Crippen molar-refractivity contribution in [2.75, 3.05) is 11.9 Å². The van der Waals surface area contributed by atoms with Crippen LogP contribution < -0.4 is 14.8 Å². The third kappa shape index (κ3) is 5.72. The van der Waals surface area contributed by atoms with E-state index in [-0.39, 0.29) is 16.8 Å². The summed E-state index contributed by atoms with van der Waals surface area (Å²) >= 11 is 5.87. The Bertz CT molecular complexity index is 955. The van der Waals surface area contributed by atoms with Crippen LogP contribution in [0.5, 0.6) is 5.75 Å². The van der Waals surface area contributed by atoms with E-state index in [0.29, 0.717) is 28.6 Å². The lowest BCUT2D eigenvalue weighted by molar-refractivity contribution is 0.102. The highest BCUT2D eigenvalue weighted by Crippen LogP contribution is 2.29. The van der Waals surface area contributed by atoms with Gasteiger partial charge in [0, 0.05) is 16.6 Å². The summed E-state index contributed by atoms with van der Waals surface area (Å²) in [6.45, 7) is 2.20. The van der Waals surface area contributed by atoms with Crippen LogP contribution in [0.15, 0.2) is 47.4 Å². The minimum absolute atomic E-state index is 0.0487. The molecule has 8 heteroatoms. The number of carbonyl (C=O) groups is 1. The van der Waals surface area contributed by atoms with Crippen molar-refractivity contribution >= 4 is 33.2 Å². The van der Waals surface area contributed by atoms with Crippen LogP contribution >= 0.6 is 11.6 Å². The van der Waals surface area contributed by atoms with Gasteiger partial charge in [-0.3, -0.25) is 4.79 Å². The average Bonchev–Trinajstić information content (AvgIpc) is 2.70. The highest BCUT2D eigenvalue weighted by atomic mass is 35.5. The molecule has 156 valence electrons. The molecule has 0 radical (unpaired) electrons. The second-order valence-electron chi connectivity index (χ2n) is 7.01. The first-order valence-electron chi connectivity index (χ1n) is 9.75. The van der Waals surface area contributed by atoms with Crippen molar-refractivity contribution in [1.82, 2.24) is 4.72 Å². The van der Waals surface area contributed by atoms with Gasteiger partial charge in [-0.2, -0.15) is 0 Å². The Hall–Kier alpha value is -2.09. The van der Waals surface area contributed by atoms with Gasteiger partial charge in [0.25, 0.3) is 5.91 Å². The Kier molecular flexibility index (Phi) is 7.16. The summed E-state index contributed by atoms with van der Waals surface area (Å²) < 4.78 is 34.0. The van der Waals surface area contributed by atoms with Crippen molar-refractivity contribution in [2.45, 2.75) is 50.0 Å². The fourth-order valence-electron chi connectivity index (χ4n) is 3.36. The number of hydrogen-bond donors (Lipinski definition) is 2. The molecule has 0 saturated heterocycles. The van der Waals surface area contributed by atoms with E-state index in [1.807, 2.05) is 6.92 Å². The van der Waals surface area contributed by atoms with E-state index in [1.54, 1.807) is 30.3 Å². The molecule has 29 heavy (non-hydrogen) atoms. The Morgan fingerprint density at radius 1 is 1.10 bits per heavy atom. The molecular weight excluding hydrogens is 412 g/mol. The van der Waals surface area contributed by atoms with Gasteiger partial charge >= 0.3 is 0 Å². The van der Waals surface area contributed by atoms with Gasteiger partial charge in [0.15, 0.2) is 0 Å². The second kappa shape index (κ2) is 9.61. The number of benzene rings is 2. The summed E-state index contributed by atoms with van der Waals surface area (Å²) in [5.74, 6) is 0.0313. The van der Waals surface area contributed by atoms with E-state index in [9.17, 15) is 13.2 Å². The number of hydrogen-bond acceptors (Lipinski definition) is 4. The molecular formula is C21H25ClN2O4S. The number of anilines is 1. The Balaban J connectivity index is 1.84. The SMILES string of the molecule is CCOc1ccc(S(=O)(=O)NC2CCCCC2)cc1NC(=O)c1ccc(Cl)cc1. The molecule has 2 aromatic carbocycles. The highest BCUT2D eigenvalue weighted by Gasteiger charge is 2.23. The lowest BCUT2D eigenvalue weighted by Gasteiger charge is -2.23. The van der Waals surface area contributed by atoms with Crippen molar-refractivity contribution in [1.29, 1.82) is 0 Å². The van der Waals surface area contributed by atoms with Crippen LogP contribution in [0.3, 0.4) is 0 Å². The first kappa shape index (κ1) is 21.6. The minimum Gasteiger partial charge on any atom is -0.492 e. The largest absolute Gasteiger partial charge is 0.492 e. The van der Waals surface area contributed by atoms with Gasteiger partial charge in [0.1, 0.15) is 5.75 Å². The van der Waals surface area contributed by atoms with E-state index in [4.69, 9.17) is 16.3 Å². The fourth-order valence-corrected chi connectivity index (χ4v) is 4.82. The normalized spacial score (nSPS) is 15.1. The first-order chi connectivity index (χ1) is 13.9. The molecule has 0 bridgehead atoms. The van der Waals surface area contributed by atoms with Crippen LogP contribution in [0.2, 0.25) is 5.02 Å². The van der Waals surface area contributed by atoms with Gasteiger partial charge in [-0.1, -0.05) is 30.9 Å². The van der Waals surface area contributed by atoms with Crippen molar-refractivity contribution < 1.29 is 17.9 Å². The monoisotopic (exact) mass is 436 g/mol. The Morgan fingerprint density at radius 2 is 1.79 bits per heavy atom. The van der Waals surface area contributed by atoms with Crippen LogP contribution in [0, 0.1) is 0 Å². The number of carbonyl (C=O) groups excluding carboxylic acids is 1. The maximum atomic E-state index is 12.8. The summed E-state index contributed by atoms with van der Waals surface area (Å²) in [6.07, 6.45) is 4.88. The molecule has 0 atom stereocenters. The summed E-state index contributed by atoms with van der Waals surface area (Å²) in [4.78, 5) is 12.7. The first-order valence-corrected chi connectivity index (χ1v) is 11.6. The molecule has 0 aliphatic heterocycles. The van der Waals surface area contributed by atoms with Crippen molar-refractivity contribution in [3.05, 3.63) is 53.1 Å². The van der Waals surface area contributed by atoms with Gasteiger partial charge in [-0.15, -0.1) is 0 Å².